The second-order valence-electron chi connectivity index (χ2n) is 7.69. The number of H-pyrrole nitrogens is 1. The lowest BCUT2D eigenvalue weighted by Crippen LogP contribution is -2.36. The molecule has 1 saturated heterocycles. The van der Waals surface area contributed by atoms with E-state index in [1.54, 1.807) is 20.1 Å². The van der Waals surface area contributed by atoms with Gasteiger partial charge < -0.3 is 15.4 Å². The van der Waals surface area contributed by atoms with Crippen molar-refractivity contribution < 1.29 is 13.5 Å². The molecule has 1 saturated carbocycles. The number of hydrogen-bond donors (Lipinski definition) is 2. The van der Waals surface area contributed by atoms with Crippen LogP contribution in [0.15, 0.2) is 30.6 Å². The number of morpholine rings is 1. The van der Waals surface area contributed by atoms with Gasteiger partial charge in [0.1, 0.15) is 5.82 Å². The topological polar surface area (TPSA) is 97.9 Å². The molecule has 2 aliphatic rings. The molecule has 32 heavy (non-hydrogen) atoms. The molecule has 176 valence electrons. The predicted octanol–water partition coefficient (Wildman–Crippen LogP) is 3.59. The van der Waals surface area contributed by atoms with Crippen molar-refractivity contribution in [2.45, 2.75) is 37.8 Å². The number of hydrogen-bond acceptors (Lipinski definition) is 6. The summed E-state index contributed by atoms with van der Waals surface area (Å²) in [7, 11) is 3.15. The monoisotopic (exact) mass is 467 g/mol. The summed E-state index contributed by atoms with van der Waals surface area (Å²) >= 11 is 0. The number of nitrogens with two attached hydrogens (primary N) is 1. The van der Waals surface area contributed by atoms with E-state index in [4.69, 9.17) is 9.72 Å². The first-order chi connectivity index (χ1) is 15.5. The highest BCUT2D eigenvalue weighted by atomic mass is 31.0. The Hall–Kier alpha value is -2.16. The van der Waals surface area contributed by atoms with Gasteiger partial charge in [-0.15, -0.1) is 0 Å². The maximum absolute atomic E-state index is 12.6. The van der Waals surface area contributed by atoms with Crippen molar-refractivity contribution in [2.75, 3.05) is 38.3 Å². The molecule has 0 radical (unpaired) electrons. The minimum Gasteiger partial charge on any atom is -0.378 e. The smallest absolute Gasteiger partial charge is 0.261 e. The number of rotatable bonds is 3. The Kier molecular flexibility index (Phi) is 8.90. The van der Waals surface area contributed by atoms with Crippen molar-refractivity contribution in [2.24, 2.45) is 11.7 Å². The Morgan fingerprint density at radius 2 is 1.84 bits per heavy atom. The van der Waals surface area contributed by atoms with E-state index in [0.717, 1.165) is 68.2 Å². The van der Waals surface area contributed by atoms with Crippen molar-refractivity contribution in [3.63, 3.8) is 0 Å². The Morgan fingerprint density at radius 3 is 2.44 bits per heavy atom. The first-order valence-electron chi connectivity index (χ1n) is 10.9. The molecule has 11 heteroatoms. The number of nitrogens with zero attached hydrogens (tertiary/aromatic N) is 5. The normalized spacial score (nSPS) is 17.3. The number of nitrogens with one attached hydrogen (secondary N) is 1. The molecule has 1 unspecified atom stereocenters. The van der Waals surface area contributed by atoms with Crippen molar-refractivity contribution in [3.05, 3.63) is 30.6 Å². The number of anilines is 1. The van der Waals surface area contributed by atoms with Gasteiger partial charge in [-0.25, -0.2) is 13.8 Å². The van der Waals surface area contributed by atoms with Gasteiger partial charge in [0.15, 0.2) is 11.5 Å². The summed E-state index contributed by atoms with van der Waals surface area (Å²) in [6.45, 7) is 3.24. The van der Waals surface area contributed by atoms with E-state index in [1.807, 2.05) is 24.4 Å². The van der Waals surface area contributed by atoms with Gasteiger partial charge in [-0.1, -0.05) is 28.5 Å². The number of aromatic nitrogens is 5. The van der Waals surface area contributed by atoms with Gasteiger partial charge in [-0.05, 0) is 32.0 Å². The fourth-order valence-electron chi connectivity index (χ4n) is 3.89. The molecule has 0 bridgehead atoms. The lowest BCUT2D eigenvalue weighted by atomic mass is 9.89. The molecule has 8 nitrogen and oxygen atoms in total. The Balaban J connectivity index is 0.000000204. The number of fused-ring (bicyclic) bond motifs is 1. The Bertz CT molecular complexity index is 933. The largest absolute Gasteiger partial charge is 0.378 e. The molecule has 2 fully saturated rings. The van der Waals surface area contributed by atoms with E-state index in [9.17, 15) is 8.78 Å². The lowest BCUT2D eigenvalue weighted by molar-refractivity contribution is 0.0183. The number of halogens is 2. The van der Waals surface area contributed by atoms with Crippen LogP contribution < -0.4 is 10.6 Å². The highest BCUT2D eigenvalue weighted by Crippen LogP contribution is 2.40. The zero-order chi connectivity index (χ0) is 23.0. The molecule has 5 rings (SSSR count). The van der Waals surface area contributed by atoms with Gasteiger partial charge in [0.05, 0.1) is 25.6 Å². The van der Waals surface area contributed by atoms with Crippen LogP contribution >= 0.6 is 9.24 Å². The molecule has 1 atom stereocenters. The van der Waals surface area contributed by atoms with Gasteiger partial charge in [-0.3, -0.25) is 5.10 Å². The molecule has 3 aromatic heterocycles. The fraction of sp³-hybridized carbons (Fsp3) is 0.571. The average Bonchev–Trinajstić information content (AvgIpc) is 3.51. The van der Waals surface area contributed by atoms with E-state index < -0.39 is 5.66 Å². The van der Waals surface area contributed by atoms with Crippen LogP contribution in [0, 0.1) is 5.92 Å². The van der Waals surface area contributed by atoms with E-state index in [2.05, 4.69) is 25.9 Å². The molecular formula is C21H32F2N7OP. The first kappa shape index (κ1) is 24.5. The summed E-state index contributed by atoms with van der Waals surface area (Å²) in [4.78, 5) is 6.97. The second-order valence-corrected chi connectivity index (χ2v) is 8.46. The minimum atomic E-state index is -2.51. The Labute approximate surface area is 189 Å². The number of pyridine rings is 1. The second kappa shape index (κ2) is 11.6. The fourth-order valence-corrected chi connectivity index (χ4v) is 4.23. The molecule has 0 amide bonds. The summed E-state index contributed by atoms with van der Waals surface area (Å²) < 4.78 is 32.3. The van der Waals surface area contributed by atoms with Crippen molar-refractivity contribution >= 4 is 26.1 Å². The van der Waals surface area contributed by atoms with Gasteiger partial charge in [0.2, 0.25) is 0 Å². The molecule has 1 aliphatic carbocycles. The maximum atomic E-state index is 12.6. The highest BCUT2D eigenvalue weighted by molar-refractivity contribution is 7.18. The third kappa shape index (κ3) is 6.21. The molecular weight excluding hydrogens is 435 g/mol. The van der Waals surface area contributed by atoms with Crippen molar-refractivity contribution in [1.29, 1.82) is 0 Å². The molecule has 0 aromatic carbocycles. The summed E-state index contributed by atoms with van der Waals surface area (Å²) in [5, 5.41) is 12.2. The molecule has 0 spiro atoms. The van der Waals surface area contributed by atoms with Crippen LogP contribution in [-0.2, 0) is 4.74 Å². The van der Waals surface area contributed by atoms with E-state index in [1.165, 1.54) is 7.05 Å². The van der Waals surface area contributed by atoms with Gasteiger partial charge in [0, 0.05) is 30.5 Å². The van der Waals surface area contributed by atoms with E-state index in [-0.39, 0.29) is 5.92 Å². The van der Waals surface area contributed by atoms with Gasteiger partial charge in [0.25, 0.3) is 5.66 Å². The third-order valence-electron chi connectivity index (χ3n) is 5.60. The number of alkyl halides is 2. The van der Waals surface area contributed by atoms with Gasteiger partial charge >= 0.3 is 0 Å². The van der Waals surface area contributed by atoms with Crippen molar-refractivity contribution in [3.8, 4) is 5.82 Å². The summed E-state index contributed by atoms with van der Waals surface area (Å²) in [6.07, 6.45) is 8.02. The predicted molar refractivity (Wildman–Crippen MR) is 125 cm³/mol. The number of ether oxygens (including phenoxy) is 1. The van der Waals surface area contributed by atoms with Crippen LogP contribution in [0.25, 0.3) is 16.9 Å². The quantitative estimate of drug-likeness (QED) is 0.572. The van der Waals surface area contributed by atoms with Crippen LogP contribution in [0.1, 0.15) is 32.1 Å². The van der Waals surface area contributed by atoms with Crippen LogP contribution in [0.4, 0.5) is 14.6 Å². The summed E-state index contributed by atoms with van der Waals surface area (Å²) in [5.74, 6) is 1.40. The van der Waals surface area contributed by atoms with Crippen LogP contribution in [0.2, 0.25) is 0 Å². The van der Waals surface area contributed by atoms with Crippen LogP contribution in [-0.4, -0.2) is 64.0 Å². The average molecular weight is 468 g/mol. The molecule has 3 N–H and O–H groups in total. The maximum Gasteiger partial charge on any atom is 0.261 e. The van der Waals surface area contributed by atoms with Crippen LogP contribution in [0.5, 0.6) is 0 Å². The zero-order valence-corrected chi connectivity index (χ0v) is 19.5. The SMILES string of the molecule is CN.FC(F)(P)C1CCCCC1.c1cc(-n2ncc3ccc(N4CCOCC4)nc32)[nH]n1. The molecule has 3 aromatic rings. The summed E-state index contributed by atoms with van der Waals surface area (Å²) in [5.41, 5.74) is 2.82. The van der Waals surface area contributed by atoms with Gasteiger partial charge in [-0.2, -0.15) is 14.9 Å². The van der Waals surface area contributed by atoms with Crippen LogP contribution in [0.3, 0.4) is 0 Å². The minimum absolute atomic E-state index is 0.369. The molecule has 4 heterocycles. The zero-order valence-electron chi connectivity index (χ0n) is 18.4. The van der Waals surface area contributed by atoms with Crippen molar-refractivity contribution in [1.82, 2.24) is 25.0 Å². The van der Waals surface area contributed by atoms with E-state index in [0.29, 0.717) is 12.8 Å². The molecule has 1 aliphatic heterocycles. The first-order valence-corrected chi connectivity index (χ1v) is 11.5. The number of aromatic amines is 1. The van der Waals surface area contributed by atoms with E-state index >= 15 is 0 Å². The Morgan fingerprint density at radius 1 is 1.12 bits per heavy atom. The third-order valence-corrected chi connectivity index (χ3v) is 6.07. The lowest BCUT2D eigenvalue weighted by Gasteiger charge is -2.27. The standard InChI is InChI=1S/C13H14N6O.C7H13F2P.CH5N/c1-2-11(18-5-7-20-8-6-18)16-13-10(1)9-15-19(13)12-3-4-14-17-12;8-7(9,10)6-4-2-1-3-5-6;1-2/h1-4,9H,5-8H2,(H,14,17);6H,1-5,10H2;2H2,1H3. The highest BCUT2D eigenvalue weighted by Gasteiger charge is 2.34. The summed E-state index contributed by atoms with van der Waals surface area (Å²) in [6, 6.07) is 5.95.